The van der Waals surface area contributed by atoms with Crippen LogP contribution in [0.3, 0.4) is 0 Å². The van der Waals surface area contributed by atoms with Gasteiger partial charge in [-0.3, -0.25) is 0 Å². The molecule has 0 nitrogen and oxygen atoms in total. The second-order valence-corrected chi connectivity index (χ2v) is 13.5. The van der Waals surface area contributed by atoms with Crippen LogP contribution in [-0.2, 0) is 0 Å². The minimum Gasteiger partial charge on any atom is -0.0622 e. The van der Waals surface area contributed by atoms with Crippen molar-refractivity contribution in [3.05, 3.63) is 158 Å². The van der Waals surface area contributed by atoms with Crippen LogP contribution in [0.4, 0.5) is 0 Å². The normalized spacial score (nSPS) is 12.6. The molecule has 0 spiro atoms. The highest BCUT2D eigenvalue weighted by Gasteiger charge is 2.29. The summed E-state index contributed by atoms with van der Waals surface area (Å²) >= 11 is 0. The highest BCUT2D eigenvalue weighted by atomic mass is 14.3. The Morgan fingerprint density at radius 2 is 0.708 bits per heavy atom. The number of benzene rings is 9. The van der Waals surface area contributed by atoms with Crippen LogP contribution in [-0.4, -0.2) is 0 Å². The van der Waals surface area contributed by atoms with E-state index >= 15 is 0 Å². The minimum atomic E-state index is 1.26. The van der Waals surface area contributed by atoms with Gasteiger partial charge in [-0.1, -0.05) is 152 Å². The molecule has 218 valence electrons. The van der Waals surface area contributed by atoms with E-state index in [1.54, 1.807) is 0 Å². The number of hydrogen-bond acceptors (Lipinski definition) is 0. The summed E-state index contributed by atoms with van der Waals surface area (Å²) in [5.41, 5.74) is 10.6. The van der Waals surface area contributed by atoms with E-state index < -0.39 is 0 Å². The number of hydrogen-bond donors (Lipinski definition) is 0. The van der Waals surface area contributed by atoms with E-state index in [1.165, 1.54) is 120 Å². The quantitative estimate of drug-likeness (QED) is 0.173. The summed E-state index contributed by atoms with van der Waals surface area (Å²) in [6.45, 7) is 0. The molecule has 0 heteroatoms. The standard InChI is InChI=1S/C48H26/c1-3-12-27(13-4-1)41-40-26-39-32-19-10-9-18-31(32)33-20-11-21-36(43(33)39)46(40)42(28-14-5-2-6-15-28)48-38-25-23-35-30-17-8-7-16-29(30)34-22-24-37(47(41)48)45(38)44(34)35/h1-26H. The van der Waals surface area contributed by atoms with Crippen molar-refractivity contribution in [1.29, 1.82) is 0 Å². The first-order valence-electron chi connectivity index (χ1n) is 16.9. The predicted molar refractivity (Wildman–Crippen MR) is 207 cm³/mol. The van der Waals surface area contributed by atoms with Gasteiger partial charge in [-0.05, 0) is 126 Å². The molecule has 0 saturated heterocycles. The highest BCUT2D eigenvalue weighted by molar-refractivity contribution is 6.46. The van der Waals surface area contributed by atoms with Crippen LogP contribution in [0, 0.1) is 0 Å². The fraction of sp³-hybridized carbons (Fsp3) is 0. The lowest BCUT2D eigenvalue weighted by atomic mass is 9.84. The Morgan fingerprint density at radius 1 is 0.208 bits per heavy atom. The molecule has 0 atom stereocenters. The Bertz CT molecular complexity index is 3100. The fourth-order valence-electron chi connectivity index (χ4n) is 9.50. The number of rotatable bonds is 2. The third-order valence-corrected chi connectivity index (χ3v) is 11.3. The summed E-state index contributed by atoms with van der Waals surface area (Å²) in [5.74, 6) is 0. The van der Waals surface area contributed by atoms with Crippen molar-refractivity contribution in [3.63, 3.8) is 0 Å². The van der Waals surface area contributed by atoms with Crippen LogP contribution in [0.5, 0.6) is 0 Å². The molecule has 0 amide bonds. The van der Waals surface area contributed by atoms with Gasteiger partial charge in [0.15, 0.2) is 0 Å². The zero-order valence-electron chi connectivity index (χ0n) is 26.0. The lowest BCUT2D eigenvalue weighted by molar-refractivity contribution is 1.68. The van der Waals surface area contributed by atoms with Gasteiger partial charge in [0.25, 0.3) is 0 Å². The summed E-state index contributed by atoms with van der Waals surface area (Å²) in [6, 6.07) is 59.2. The van der Waals surface area contributed by atoms with Crippen molar-refractivity contribution in [2.45, 2.75) is 0 Å². The largest absolute Gasteiger partial charge is 0.0622 e. The summed E-state index contributed by atoms with van der Waals surface area (Å²) in [7, 11) is 0. The van der Waals surface area contributed by atoms with Gasteiger partial charge >= 0.3 is 0 Å². The molecular formula is C48H26. The van der Waals surface area contributed by atoms with Gasteiger partial charge in [0.05, 0.1) is 0 Å². The third-order valence-electron chi connectivity index (χ3n) is 11.3. The second-order valence-electron chi connectivity index (χ2n) is 13.5. The van der Waals surface area contributed by atoms with E-state index in [2.05, 4.69) is 158 Å². The van der Waals surface area contributed by atoms with Crippen LogP contribution in [0.25, 0.3) is 120 Å². The lowest BCUT2D eigenvalue weighted by Gasteiger charge is -2.19. The molecule has 0 fully saturated rings. The van der Waals surface area contributed by atoms with E-state index in [0.717, 1.165) is 0 Å². The molecule has 0 unspecified atom stereocenters. The van der Waals surface area contributed by atoms with Crippen LogP contribution in [0.2, 0.25) is 0 Å². The van der Waals surface area contributed by atoms with Gasteiger partial charge < -0.3 is 0 Å². The zero-order valence-corrected chi connectivity index (χ0v) is 26.0. The molecule has 11 aromatic carbocycles. The monoisotopic (exact) mass is 602 g/mol. The second kappa shape index (κ2) is 8.76. The molecule has 0 bridgehead atoms. The fourth-order valence-corrected chi connectivity index (χ4v) is 9.50. The van der Waals surface area contributed by atoms with Gasteiger partial charge in [-0.2, -0.15) is 0 Å². The van der Waals surface area contributed by atoms with E-state index in [1.807, 2.05) is 0 Å². The maximum absolute atomic E-state index is 2.52. The van der Waals surface area contributed by atoms with Crippen LogP contribution >= 0.6 is 0 Å². The van der Waals surface area contributed by atoms with Gasteiger partial charge in [0, 0.05) is 0 Å². The summed E-state index contributed by atoms with van der Waals surface area (Å²) in [6.07, 6.45) is 0. The molecule has 0 aliphatic heterocycles. The maximum atomic E-state index is 2.52. The molecule has 0 N–H and O–H groups in total. The first kappa shape index (κ1) is 24.9. The Hall–Kier alpha value is -6.24. The van der Waals surface area contributed by atoms with E-state index in [-0.39, 0.29) is 0 Å². The van der Waals surface area contributed by atoms with Crippen molar-refractivity contribution < 1.29 is 0 Å². The highest BCUT2D eigenvalue weighted by Crippen LogP contribution is 2.57. The van der Waals surface area contributed by atoms with Crippen molar-refractivity contribution in [3.8, 4) is 44.5 Å². The molecule has 48 heavy (non-hydrogen) atoms. The Labute approximate surface area is 276 Å². The summed E-state index contributed by atoms with van der Waals surface area (Å²) in [4.78, 5) is 0. The van der Waals surface area contributed by atoms with Gasteiger partial charge in [-0.15, -0.1) is 0 Å². The summed E-state index contributed by atoms with van der Waals surface area (Å²) in [5, 5.41) is 18.9. The minimum absolute atomic E-state index is 1.26. The van der Waals surface area contributed by atoms with E-state index in [0.29, 0.717) is 0 Å². The van der Waals surface area contributed by atoms with Crippen LogP contribution < -0.4 is 0 Å². The first-order valence-corrected chi connectivity index (χ1v) is 16.9. The molecule has 1 aliphatic carbocycles. The molecule has 1 aliphatic rings. The molecular weight excluding hydrogens is 577 g/mol. The van der Waals surface area contributed by atoms with E-state index in [4.69, 9.17) is 0 Å². The zero-order chi connectivity index (χ0) is 31.1. The van der Waals surface area contributed by atoms with Crippen LogP contribution in [0.15, 0.2) is 158 Å². The SMILES string of the molecule is c1ccc(-c2c3cc4c5ccccc5c5cccc(c3c(-c3ccccc3)c3c6ccc7c8c(ccc(c23)c86)-c2ccccc2-7)c54)cc1. The first-order chi connectivity index (χ1) is 23.9. The molecule has 11 aromatic rings. The van der Waals surface area contributed by atoms with Gasteiger partial charge in [-0.25, -0.2) is 0 Å². The smallest absolute Gasteiger partial charge is 0.000718 e. The average molecular weight is 603 g/mol. The topological polar surface area (TPSA) is 0 Å². The molecule has 0 radical (unpaired) electrons. The maximum Gasteiger partial charge on any atom is -0.000718 e. The van der Waals surface area contributed by atoms with Crippen molar-refractivity contribution in [2.24, 2.45) is 0 Å². The number of fused-ring (bicyclic) bond motifs is 11. The van der Waals surface area contributed by atoms with Crippen molar-refractivity contribution in [2.75, 3.05) is 0 Å². The molecule has 0 aromatic heterocycles. The molecule has 12 rings (SSSR count). The average Bonchev–Trinajstić information content (AvgIpc) is 3.78. The Kier molecular flexibility index (Phi) is 4.55. The van der Waals surface area contributed by atoms with E-state index in [9.17, 15) is 0 Å². The van der Waals surface area contributed by atoms with Crippen LogP contribution in [0.1, 0.15) is 0 Å². The third kappa shape index (κ3) is 2.89. The molecule has 0 saturated carbocycles. The summed E-state index contributed by atoms with van der Waals surface area (Å²) < 4.78 is 0. The molecule has 0 heterocycles. The van der Waals surface area contributed by atoms with Gasteiger partial charge in [0.2, 0.25) is 0 Å². The van der Waals surface area contributed by atoms with Crippen molar-refractivity contribution >= 4 is 75.4 Å². The lowest BCUT2D eigenvalue weighted by Crippen LogP contribution is -1.91. The van der Waals surface area contributed by atoms with Gasteiger partial charge in [0.1, 0.15) is 0 Å². The Morgan fingerprint density at radius 3 is 1.38 bits per heavy atom. The van der Waals surface area contributed by atoms with Crippen molar-refractivity contribution in [1.82, 2.24) is 0 Å². The Balaban J connectivity index is 1.43. The predicted octanol–water partition coefficient (Wildman–Crippen LogP) is 13.6.